The molecular formula is C20H38O. The summed E-state index contributed by atoms with van der Waals surface area (Å²) in [5.74, 6) is 4.06. The van der Waals surface area contributed by atoms with E-state index in [1.54, 1.807) is 0 Å². The first kappa shape index (κ1) is 17.3. The molecule has 0 N–H and O–H groups in total. The van der Waals surface area contributed by atoms with E-state index in [1.165, 1.54) is 83.5 Å². The predicted octanol–water partition coefficient (Wildman–Crippen LogP) is 6.22. The highest BCUT2D eigenvalue weighted by molar-refractivity contribution is 4.82. The summed E-state index contributed by atoms with van der Waals surface area (Å²) in [6.07, 6.45) is 19.3. The van der Waals surface area contributed by atoms with Gasteiger partial charge in [-0.1, -0.05) is 51.9 Å². The van der Waals surface area contributed by atoms with Crippen LogP contribution in [0, 0.1) is 23.7 Å². The molecule has 0 heterocycles. The quantitative estimate of drug-likeness (QED) is 0.483. The summed E-state index contributed by atoms with van der Waals surface area (Å²) in [6, 6.07) is 0. The highest BCUT2D eigenvalue weighted by Crippen LogP contribution is 2.42. The molecule has 1 nitrogen and oxygen atoms in total. The number of rotatable bonds is 8. The van der Waals surface area contributed by atoms with Crippen molar-refractivity contribution < 1.29 is 4.74 Å². The van der Waals surface area contributed by atoms with Gasteiger partial charge < -0.3 is 4.74 Å². The highest BCUT2D eigenvalue weighted by Gasteiger charge is 2.30. The lowest BCUT2D eigenvalue weighted by Gasteiger charge is -2.37. The minimum atomic E-state index is 0.862. The molecule has 0 aromatic rings. The zero-order valence-corrected chi connectivity index (χ0v) is 14.6. The van der Waals surface area contributed by atoms with Crippen molar-refractivity contribution in [1.82, 2.24) is 0 Å². The zero-order chi connectivity index (χ0) is 14.9. The molecule has 0 spiro atoms. The van der Waals surface area contributed by atoms with Gasteiger partial charge in [0, 0.05) is 13.7 Å². The maximum absolute atomic E-state index is 5.33. The molecule has 0 aliphatic heterocycles. The molecule has 2 saturated carbocycles. The lowest BCUT2D eigenvalue weighted by atomic mass is 9.69. The molecule has 0 aromatic carbocycles. The number of ether oxygens (including phenoxy) is 1. The summed E-state index contributed by atoms with van der Waals surface area (Å²) in [5.41, 5.74) is 0. The zero-order valence-electron chi connectivity index (χ0n) is 14.6. The summed E-state index contributed by atoms with van der Waals surface area (Å²) in [5, 5.41) is 0. The molecule has 2 rings (SSSR count). The number of hydrogen-bond donors (Lipinski definition) is 0. The average Bonchev–Trinajstić information content (AvgIpc) is 2.53. The summed E-state index contributed by atoms with van der Waals surface area (Å²) in [4.78, 5) is 0. The van der Waals surface area contributed by atoms with Crippen LogP contribution < -0.4 is 0 Å². The van der Waals surface area contributed by atoms with Crippen LogP contribution in [-0.4, -0.2) is 13.7 Å². The normalized spacial score (nSPS) is 34.0. The van der Waals surface area contributed by atoms with Gasteiger partial charge in [-0.25, -0.2) is 0 Å². The lowest BCUT2D eigenvalue weighted by Crippen LogP contribution is -2.27. The van der Waals surface area contributed by atoms with Gasteiger partial charge in [0.25, 0.3) is 0 Å². The van der Waals surface area contributed by atoms with Crippen molar-refractivity contribution in [2.45, 2.75) is 90.4 Å². The van der Waals surface area contributed by atoms with Crippen LogP contribution in [0.25, 0.3) is 0 Å². The Bertz CT molecular complexity index is 247. The van der Waals surface area contributed by atoms with E-state index >= 15 is 0 Å². The van der Waals surface area contributed by atoms with Crippen LogP contribution in [-0.2, 0) is 4.74 Å². The number of hydrogen-bond acceptors (Lipinski definition) is 1. The highest BCUT2D eigenvalue weighted by atomic mass is 16.5. The lowest BCUT2D eigenvalue weighted by molar-refractivity contribution is 0.0925. The van der Waals surface area contributed by atoms with Gasteiger partial charge >= 0.3 is 0 Å². The summed E-state index contributed by atoms with van der Waals surface area (Å²) in [7, 11) is 1.86. The second-order valence-corrected chi connectivity index (χ2v) is 7.87. The van der Waals surface area contributed by atoms with E-state index in [0.717, 1.165) is 30.3 Å². The average molecular weight is 295 g/mol. The molecule has 0 amide bonds. The Labute approximate surface area is 133 Å². The van der Waals surface area contributed by atoms with Gasteiger partial charge in [0.05, 0.1) is 0 Å². The molecule has 2 fully saturated rings. The maximum Gasteiger partial charge on any atom is 0.0490 e. The second kappa shape index (κ2) is 9.87. The first-order valence-corrected chi connectivity index (χ1v) is 9.82. The van der Waals surface area contributed by atoms with Gasteiger partial charge in [-0.2, -0.15) is 0 Å². The molecule has 2 aliphatic rings. The fourth-order valence-electron chi connectivity index (χ4n) is 4.87. The fraction of sp³-hybridized carbons (Fsp3) is 1.00. The van der Waals surface area contributed by atoms with Gasteiger partial charge in [-0.3, -0.25) is 0 Å². The Kier molecular flexibility index (Phi) is 8.14. The SMILES string of the molecule is CCCCCCC1CCC([C@H]2CC[C@H](COC)CC2)CC1. The third-order valence-corrected chi connectivity index (χ3v) is 6.32. The van der Waals surface area contributed by atoms with E-state index < -0.39 is 0 Å². The number of methoxy groups -OCH3 is 1. The maximum atomic E-state index is 5.33. The first-order valence-electron chi connectivity index (χ1n) is 9.82. The molecule has 1 heteroatoms. The molecule has 0 atom stereocenters. The van der Waals surface area contributed by atoms with Crippen molar-refractivity contribution in [2.75, 3.05) is 13.7 Å². The standard InChI is InChI=1S/C20H38O/c1-3-4-5-6-7-17-8-12-19(13-9-17)20-14-10-18(11-15-20)16-21-2/h17-20H,3-16H2,1-2H3/t17?,18-,19?,20-. The van der Waals surface area contributed by atoms with Gasteiger partial charge in [-0.15, -0.1) is 0 Å². The Morgan fingerprint density at radius 1 is 0.714 bits per heavy atom. The Balaban J connectivity index is 1.59. The molecule has 0 saturated heterocycles. The minimum absolute atomic E-state index is 0.862. The third-order valence-electron chi connectivity index (χ3n) is 6.32. The molecular weight excluding hydrogens is 256 g/mol. The van der Waals surface area contributed by atoms with Crippen LogP contribution in [0.3, 0.4) is 0 Å². The van der Waals surface area contributed by atoms with Crippen LogP contribution in [0.4, 0.5) is 0 Å². The molecule has 21 heavy (non-hydrogen) atoms. The van der Waals surface area contributed by atoms with Crippen molar-refractivity contribution in [3.8, 4) is 0 Å². The summed E-state index contributed by atoms with van der Waals surface area (Å²) >= 11 is 0. The third kappa shape index (κ3) is 5.93. The summed E-state index contributed by atoms with van der Waals surface area (Å²) in [6.45, 7) is 3.31. The fourth-order valence-corrected chi connectivity index (χ4v) is 4.87. The van der Waals surface area contributed by atoms with Crippen molar-refractivity contribution >= 4 is 0 Å². The molecule has 0 bridgehead atoms. The van der Waals surface area contributed by atoms with Crippen LogP contribution in [0.5, 0.6) is 0 Å². The van der Waals surface area contributed by atoms with E-state index in [1.807, 2.05) is 7.11 Å². The van der Waals surface area contributed by atoms with Gasteiger partial charge in [0.2, 0.25) is 0 Å². The predicted molar refractivity (Wildman–Crippen MR) is 91.5 cm³/mol. The van der Waals surface area contributed by atoms with E-state index in [0.29, 0.717) is 0 Å². The van der Waals surface area contributed by atoms with Crippen LogP contribution in [0.15, 0.2) is 0 Å². The van der Waals surface area contributed by atoms with Gasteiger partial charge in [0.1, 0.15) is 0 Å². The smallest absolute Gasteiger partial charge is 0.0490 e. The van der Waals surface area contributed by atoms with E-state index in [4.69, 9.17) is 4.74 Å². The van der Waals surface area contributed by atoms with E-state index in [2.05, 4.69) is 6.92 Å². The minimum Gasteiger partial charge on any atom is -0.384 e. The summed E-state index contributed by atoms with van der Waals surface area (Å²) < 4.78 is 5.33. The van der Waals surface area contributed by atoms with Crippen LogP contribution in [0.2, 0.25) is 0 Å². The van der Waals surface area contributed by atoms with E-state index in [9.17, 15) is 0 Å². The monoisotopic (exact) mass is 294 g/mol. The number of unbranched alkanes of at least 4 members (excludes halogenated alkanes) is 3. The molecule has 0 aromatic heterocycles. The van der Waals surface area contributed by atoms with Crippen molar-refractivity contribution in [3.63, 3.8) is 0 Å². The second-order valence-electron chi connectivity index (χ2n) is 7.87. The molecule has 0 unspecified atom stereocenters. The van der Waals surface area contributed by atoms with Crippen LogP contribution >= 0.6 is 0 Å². The van der Waals surface area contributed by atoms with Crippen LogP contribution in [0.1, 0.15) is 90.4 Å². The first-order chi connectivity index (χ1) is 10.3. The Hall–Kier alpha value is -0.0400. The topological polar surface area (TPSA) is 9.23 Å². The van der Waals surface area contributed by atoms with E-state index in [-0.39, 0.29) is 0 Å². The van der Waals surface area contributed by atoms with Crippen molar-refractivity contribution in [1.29, 1.82) is 0 Å². The van der Waals surface area contributed by atoms with Gasteiger partial charge in [-0.05, 0) is 62.2 Å². The Morgan fingerprint density at radius 3 is 1.81 bits per heavy atom. The van der Waals surface area contributed by atoms with Crippen molar-refractivity contribution in [3.05, 3.63) is 0 Å². The molecule has 0 radical (unpaired) electrons. The largest absolute Gasteiger partial charge is 0.384 e. The molecule has 124 valence electrons. The molecule has 2 aliphatic carbocycles. The van der Waals surface area contributed by atoms with Gasteiger partial charge in [0.15, 0.2) is 0 Å². The Morgan fingerprint density at radius 2 is 1.29 bits per heavy atom. The van der Waals surface area contributed by atoms with Crippen molar-refractivity contribution in [2.24, 2.45) is 23.7 Å².